The first-order chi connectivity index (χ1) is 8.56. The fourth-order valence-corrected chi connectivity index (χ4v) is 1.97. The highest BCUT2D eigenvalue weighted by Crippen LogP contribution is 2.27. The number of rotatable bonds is 3. The minimum Gasteiger partial charge on any atom is -0.379 e. The molecular weight excluding hydrogens is 272 g/mol. The van der Waals surface area contributed by atoms with E-state index < -0.39 is 0 Å². The van der Waals surface area contributed by atoms with E-state index in [0.717, 1.165) is 11.3 Å². The summed E-state index contributed by atoms with van der Waals surface area (Å²) in [5, 5.41) is 4.33. The highest BCUT2D eigenvalue weighted by atomic mass is 35.5. The Morgan fingerprint density at radius 1 is 1.00 bits per heavy atom. The Labute approximate surface area is 116 Å². The summed E-state index contributed by atoms with van der Waals surface area (Å²) in [6.45, 7) is 2.00. The summed E-state index contributed by atoms with van der Waals surface area (Å²) in [5.74, 6) is -0.247. The van der Waals surface area contributed by atoms with Crippen molar-refractivity contribution in [3.8, 4) is 0 Å². The van der Waals surface area contributed by atoms with Gasteiger partial charge in [-0.2, -0.15) is 0 Å². The molecule has 2 aromatic rings. The predicted molar refractivity (Wildman–Crippen MR) is 74.9 cm³/mol. The van der Waals surface area contributed by atoms with Crippen LogP contribution in [0.15, 0.2) is 42.5 Å². The minimum absolute atomic E-state index is 0.0604. The van der Waals surface area contributed by atoms with Gasteiger partial charge in [0.05, 0.1) is 10.0 Å². The SMILES string of the molecule is CC(Nc1ccc(F)cc1)c1ccc(Cl)c(Cl)c1. The monoisotopic (exact) mass is 283 g/mol. The van der Waals surface area contributed by atoms with E-state index >= 15 is 0 Å². The quantitative estimate of drug-likeness (QED) is 0.805. The van der Waals surface area contributed by atoms with Crippen LogP contribution in [-0.4, -0.2) is 0 Å². The Kier molecular flexibility index (Phi) is 4.10. The van der Waals surface area contributed by atoms with Crippen molar-refractivity contribution in [1.82, 2.24) is 0 Å². The number of nitrogens with one attached hydrogen (secondary N) is 1. The molecule has 0 fully saturated rings. The summed E-state index contributed by atoms with van der Waals surface area (Å²) in [7, 11) is 0. The van der Waals surface area contributed by atoms with E-state index in [4.69, 9.17) is 23.2 Å². The zero-order valence-corrected chi connectivity index (χ0v) is 11.3. The molecule has 0 aliphatic heterocycles. The lowest BCUT2D eigenvalue weighted by Crippen LogP contribution is -2.06. The molecule has 4 heteroatoms. The molecule has 0 bridgehead atoms. The molecule has 0 amide bonds. The van der Waals surface area contributed by atoms with Crippen LogP contribution < -0.4 is 5.32 Å². The minimum atomic E-state index is -0.247. The van der Waals surface area contributed by atoms with Crippen molar-refractivity contribution in [2.24, 2.45) is 0 Å². The second kappa shape index (κ2) is 5.59. The first-order valence-corrected chi connectivity index (χ1v) is 6.29. The molecule has 1 atom stereocenters. The third-order valence-electron chi connectivity index (χ3n) is 2.67. The number of benzene rings is 2. The lowest BCUT2D eigenvalue weighted by atomic mass is 10.1. The fourth-order valence-electron chi connectivity index (χ4n) is 1.66. The van der Waals surface area contributed by atoms with Gasteiger partial charge in [-0.05, 0) is 48.9 Å². The average molecular weight is 284 g/mol. The number of hydrogen-bond donors (Lipinski definition) is 1. The van der Waals surface area contributed by atoms with Crippen LogP contribution in [0.4, 0.5) is 10.1 Å². The van der Waals surface area contributed by atoms with Crippen LogP contribution in [0.5, 0.6) is 0 Å². The molecule has 1 N–H and O–H groups in total. The van der Waals surface area contributed by atoms with Crippen LogP contribution in [0.3, 0.4) is 0 Å². The second-order valence-electron chi connectivity index (χ2n) is 4.05. The maximum absolute atomic E-state index is 12.8. The van der Waals surface area contributed by atoms with Gasteiger partial charge in [-0.3, -0.25) is 0 Å². The summed E-state index contributed by atoms with van der Waals surface area (Å²) in [6.07, 6.45) is 0. The Morgan fingerprint density at radius 2 is 1.67 bits per heavy atom. The van der Waals surface area contributed by atoms with Gasteiger partial charge in [-0.1, -0.05) is 29.3 Å². The molecule has 0 saturated carbocycles. The largest absolute Gasteiger partial charge is 0.379 e. The molecule has 0 aromatic heterocycles. The van der Waals surface area contributed by atoms with Gasteiger partial charge in [-0.15, -0.1) is 0 Å². The van der Waals surface area contributed by atoms with Crippen molar-refractivity contribution < 1.29 is 4.39 Å². The third kappa shape index (κ3) is 3.15. The first-order valence-electron chi connectivity index (χ1n) is 5.53. The average Bonchev–Trinajstić information content (AvgIpc) is 2.35. The van der Waals surface area contributed by atoms with E-state index in [0.29, 0.717) is 10.0 Å². The Morgan fingerprint density at radius 3 is 2.28 bits per heavy atom. The summed E-state index contributed by atoms with van der Waals surface area (Å²) in [6, 6.07) is 11.8. The van der Waals surface area contributed by atoms with Crippen LogP contribution in [0.25, 0.3) is 0 Å². The van der Waals surface area contributed by atoms with Gasteiger partial charge in [-0.25, -0.2) is 4.39 Å². The molecule has 0 aliphatic carbocycles. The summed E-state index contributed by atoms with van der Waals surface area (Å²) >= 11 is 11.8. The molecule has 1 unspecified atom stereocenters. The smallest absolute Gasteiger partial charge is 0.123 e. The molecule has 0 spiro atoms. The molecule has 1 nitrogen and oxygen atoms in total. The highest BCUT2D eigenvalue weighted by molar-refractivity contribution is 6.42. The van der Waals surface area contributed by atoms with Crippen molar-refractivity contribution in [2.45, 2.75) is 13.0 Å². The van der Waals surface area contributed by atoms with E-state index in [9.17, 15) is 4.39 Å². The molecule has 94 valence electrons. The van der Waals surface area contributed by atoms with E-state index in [-0.39, 0.29) is 11.9 Å². The fraction of sp³-hybridized carbons (Fsp3) is 0.143. The lowest BCUT2D eigenvalue weighted by Gasteiger charge is -2.16. The van der Waals surface area contributed by atoms with Crippen LogP contribution in [0.2, 0.25) is 10.0 Å². The molecule has 2 rings (SSSR count). The molecule has 18 heavy (non-hydrogen) atoms. The maximum Gasteiger partial charge on any atom is 0.123 e. The maximum atomic E-state index is 12.8. The van der Waals surface area contributed by atoms with E-state index in [1.54, 1.807) is 18.2 Å². The van der Waals surface area contributed by atoms with Gasteiger partial charge in [0.15, 0.2) is 0 Å². The zero-order valence-electron chi connectivity index (χ0n) is 9.75. The zero-order chi connectivity index (χ0) is 13.1. The molecule has 0 aliphatic rings. The Bertz CT molecular complexity index is 540. The van der Waals surface area contributed by atoms with Crippen molar-refractivity contribution in [2.75, 3.05) is 5.32 Å². The van der Waals surface area contributed by atoms with Crippen LogP contribution in [0.1, 0.15) is 18.5 Å². The van der Waals surface area contributed by atoms with Gasteiger partial charge < -0.3 is 5.32 Å². The first kappa shape index (κ1) is 13.2. The Balaban J connectivity index is 2.13. The highest BCUT2D eigenvalue weighted by Gasteiger charge is 2.07. The molecule has 0 heterocycles. The van der Waals surface area contributed by atoms with Crippen molar-refractivity contribution in [3.05, 3.63) is 63.9 Å². The number of hydrogen-bond acceptors (Lipinski definition) is 1. The molecule has 0 saturated heterocycles. The van der Waals surface area contributed by atoms with E-state index in [2.05, 4.69) is 5.32 Å². The predicted octanol–water partition coefficient (Wildman–Crippen LogP) is 5.31. The standard InChI is InChI=1S/C14H12Cl2FN/c1-9(10-2-7-13(15)14(16)8-10)18-12-5-3-11(17)4-6-12/h2-9,18H,1H3. The van der Waals surface area contributed by atoms with Crippen molar-refractivity contribution in [3.63, 3.8) is 0 Å². The topological polar surface area (TPSA) is 12.0 Å². The van der Waals surface area contributed by atoms with Crippen LogP contribution in [-0.2, 0) is 0 Å². The Hall–Kier alpha value is -1.25. The van der Waals surface area contributed by atoms with Gasteiger partial charge in [0.25, 0.3) is 0 Å². The number of anilines is 1. The van der Waals surface area contributed by atoms with Gasteiger partial charge in [0.1, 0.15) is 5.82 Å². The normalized spacial score (nSPS) is 12.2. The molecular formula is C14H12Cl2FN. The van der Waals surface area contributed by atoms with Crippen molar-refractivity contribution >= 4 is 28.9 Å². The van der Waals surface area contributed by atoms with Gasteiger partial charge in [0, 0.05) is 11.7 Å². The van der Waals surface area contributed by atoms with E-state index in [1.807, 2.05) is 19.1 Å². The van der Waals surface area contributed by atoms with Crippen LogP contribution >= 0.6 is 23.2 Å². The summed E-state index contributed by atoms with van der Waals surface area (Å²) < 4.78 is 12.8. The van der Waals surface area contributed by atoms with Crippen LogP contribution in [0, 0.1) is 5.82 Å². The summed E-state index contributed by atoms with van der Waals surface area (Å²) in [5.41, 5.74) is 1.88. The van der Waals surface area contributed by atoms with E-state index in [1.165, 1.54) is 12.1 Å². The van der Waals surface area contributed by atoms with Gasteiger partial charge >= 0.3 is 0 Å². The summed E-state index contributed by atoms with van der Waals surface area (Å²) in [4.78, 5) is 0. The lowest BCUT2D eigenvalue weighted by molar-refractivity contribution is 0.628. The molecule has 0 radical (unpaired) electrons. The third-order valence-corrected chi connectivity index (χ3v) is 3.41. The van der Waals surface area contributed by atoms with Crippen molar-refractivity contribution in [1.29, 1.82) is 0 Å². The molecule has 2 aromatic carbocycles. The number of halogens is 3. The van der Waals surface area contributed by atoms with Gasteiger partial charge in [0.2, 0.25) is 0 Å². The second-order valence-corrected chi connectivity index (χ2v) is 4.86.